The topological polar surface area (TPSA) is 176 Å². The Morgan fingerprint density at radius 1 is 0.877 bits per heavy atom. The number of hydrogen-bond donors (Lipinski definition) is 3. The van der Waals surface area contributed by atoms with Gasteiger partial charge >= 0.3 is 6.36 Å². The number of para-hydroxylation sites is 1. The predicted molar refractivity (Wildman–Crippen MR) is 240 cm³/mol. The van der Waals surface area contributed by atoms with Crippen molar-refractivity contribution >= 4 is 57.7 Å². The molecule has 3 N–H and O–H groups in total. The van der Waals surface area contributed by atoms with Crippen LogP contribution in [0, 0.1) is 20.8 Å². The molecule has 0 aliphatic carbocycles. The summed E-state index contributed by atoms with van der Waals surface area (Å²) in [5.41, 5.74) is 4.66. The third-order valence-electron chi connectivity index (χ3n) is 10.2. The van der Waals surface area contributed by atoms with Gasteiger partial charge in [0.1, 0.15) is 22.6 Å². The molecule has 3 amide bonds. The molecule has 0 bridgehead atoms. The number of carbonyl (C=O) groups excluding carboxylic acids is 3. The fourth-order valence-electron chi connectivity index (χ4n) is 7.01. The van der Waals surface area contributed by atoms with Crippen LogP contribution >= 0.6 is 34.3 Å². The Morgan fingerprint density at radius 2 is 1.60 bits per heavy atom. The number of amides is 3. The lowest BCUT2D eigenvalue weighted by atomic mass is 9.99. The van der Waals surface area contributed by atoms with Crippen LogP contribution in [0.25, 0.3) is 15.6 Å². The molecule has 0 unspecified atom stereocenters. The molecule has 7 rings (SSSR count). The zero-order chi connectivity index (χ0) is 46.1. The number of aliphatic imine (C=N–C) groups is 1. The van der Waals surface area contributed by atoms with Crippen molar-refractivity contribution in [2.75, 3.05) is 39.5 Å². The van der Waals surface area contributed by atoms with Crippen LogP contribution < -0.4 is 20.7 Å². The summed E-state index contributed by atoms with van der Waals surface area (Å²) in [5.74, 6) is -0.503. The number of fused-ring (bicyclic) bond motifs is 3. The summed E-state index contributed by atoms with van der Waals surface area (Å²) in [6.07, 6.45) is -4.79. The molecule has 0 saturated heterocycles. The van der Waals surface area contributed by atoms with Gasteiger partial charge in [0, 0.05) is 40.5 Å². The molecule has 65 heavy (non-hydrogen) atoms. The fraction of sp³-hybridized carbons (Fsp3) is 0.341. The monoisotopic (exact) mass is 951 g/mol. The fourth-order valence-corrected chi connectivity index (χ4v) is 9.09. The van der Waals surface area contributed by atoms with E-state index in [2.05, 4.69) is 49.8 Å². The molecule has 1 atom stereocenters. The van der Waals surface area contributed by atoms with Crippen molar-refractivity contribution in [2.45, 2.75) is 59.1 Å². The second kappa shape index (κ2) is 21.4. The van der Waals surface area contributed by atoms with Gasteiger partial charge in [-0.25, -0.2) is 0 Å². The minimum absolute atomic E-state index is 0.0566. The van der Waals surface area contributed by atoms with E-state index < -0.39 is 24.1 Å². The average Bonchev–Trinajstić information content (AvgIpc) is 4.07. The highest BCUT2D eigenvalue weighted by Gasteiger charge is 2.34. The van der Waals surface area contributed by atoms with Crippen LogP contribution in [-0.2, 0) is 32.2 Å². The number of rotatable bonds is 20. The Kier molecular flexibility index (Phi) is 15.5. The maximum absolute atomic E-state index is 13.2. The van der Waals surface area contributed by atoms with Crippen LogP contribution in [0.15, 0.2) is 77.1 Å². The zero-order valence-electron chi connectivity index (χ0n) is 35.5. The van der Waals surface area contributed by atoms with Crippen molar-refractivity contribution < 1.29 is 41.8 Å². The Morgan fingerprint density at radius 3 is 2.31 bits per heavy atom. The van der Waals surface area contributed by atoms with Crippen molar-refractivity contribution in [1.82, 2.24) is 40.5 Å². The Balaban J connectivity index is 0.810. The SMILES string of the molecule is Cc1sc2c(c1C)C(c1ccc(Cl)cc1)=N[C@@H](CC(=O)NCCOCCOCCNC(=O)CCn1nc(CNC(=O)c3ccccc3OC(F)(F)F)cc1-c1cccs1)c1nnc(C)n1-2. The highest BCUT2D eigenvalue weighted by Crippen LogP contribution is 2.39. The first-order valence-electron chi connectivity index (χ1n) is 20.5. The van der Waals surface area contributed by atoms with E-state index in [1.807, 2.05) is 53.3 Å². The van der Waals surface area contributed by atoms with Gasteiger partial charge in [-0.1, -0.05) is 41.9 Å². The number of nitrogens with zero attached hydrogens (tertiary/aromatic N) is 6. The lowest BCUT2D eigenvalue weighted by Gasteiger charge is -2.13. The van der Waals surface area contributed by atoms with E-state index in [-0.39, 0.29) is 82.8 Å². The van der Waals surface area contributed by atoms with E-state index in [0.29, 0.717) is 22.4 Å². The van der Waals surface area contributed by atoms with Gasteiger partial charge < -0.3 is 30.2 Å². The van der Waals surface area contributed by atoms with Crippen LogP contribution in [0.2, 0.25) is 5.02 Å². The number of benzene rings is 2. The van der Waals surface area contributed by atoms with Crippen molar-refractivity contribution in [3.05, 3.63) is 122 Å². The Hall–Kier alpha value is -5.93. The van der Waals surface area contributed by atoms with Gasteiger partial charge in [-0.15, -0.1) is 46.0 Å². The van der Waals surface area contributed by atoms with Gasteiger partial charge in [-0.2, -0.15) is 5.10 Å². The van der Waals surface area contributed by atoms with Crippen LogP contribution in [0.3, 0.4) is 0 Å². The van der Waals surface area contributed by atoms with Crippen LogP contribution in [0.4, 0.5) is 13.2 Å². The van der Waals surface area contributed by atoms with E-state index in [1.54, 1.807) is 22.1 Å². The first-order chi connectivity index (χ1) is 31.3. The molecule has 0 saturated carbocycles. The van der Waals surface area contributed by atoms with Gasteiger partial charge in [-0.3, -0.25) is 28.6 Å². The van der Waals surface area contributed by atoms with E-state index >= 15 is 0 Å². The van der Waals surface area contributed by atoms with Crippen molar-refractivity contribution in [3.63, 3.8) is 0 Å². The van der Waals surface area contributed by atoms with Gasteiger partial charge in [0.25, 0.3) is 5.91 Å². The normalized spacial score (nSPS) is 13.4. The number of thiophene rings is 2. The number of halogens is 4. The van der Waals surface area contributed by atoms with Crippen molar-refractivity contribution in [1.29, 1.82) is 0 Å². The number of nitrogens with one attached hydrogen (secondary N) is 3. The van der Waals surface area contributed by atoms with E-state index in [9.17, 15) is 27.6 Å². The molecular formula is C44H45ClF3N9O6S2. The van der Waals surface area contributed by atoms with E-state index in [1.165, 1.54) is 29.5 Å². The molecule has 1 aliphatic rings. The lowest BCUT2D eigenvalue weighted by Crippen LogP contribution is -2.29. The van der Waals surface area contributed by atoms with Gasteiger partial charge in [0.2, 0.25) is 11.8 Å². The summed E-state index contributed by atoms with van der Waals surface area (Å²) in [6.45, 7) is 7.83. The lowest BCUT2D eigenvalue weighted by molar-refractivity contribution is -0.274. The number of ether oxygens (including phenoxy) is 3. The smallest absolute Gasteiger partial charge is 0.405 e. The number of alkyl halides is 3. The molecule has 0 spiro atoms. The quantitative estimate of drug-likeness (QED) is 0.0664. The zero-order valence-corrected chi connectivity index (χ0v) is 37.9. The highest BCUT2D eigenvalue weighted by molar-refractivity contribution is 7.15. The number of aryl methyl sites for hydroxylation is 3. The maximum Gasteiger partial charge on any atom is 0.573 e. The van der Waals surface area contributed by atoms with Gasteiger partial charge in [0.15, 0.2) is 5.82 Å². The molecule has 6 aromatic rings. The third kappa shape index (κ3) is 12.1. The molecular weight excluding hydrogens is 907 g/mol. The van der Waals surface area contributed by atoms with Crippen molar-refractivity contribution in [2.24, 2.45) is 4.99 Å². The number of hydrogen-bond acceptors (Lipinski definition) is 12. The molecule has 1 aliphatic heterocycles. The minimum atomic E-state index is -4.96. The van der Waals surface area contributed by atoms with E-state index in [0.717, 1.165) is 48.9 Å². The highest BCUT2D eigenvalue weighted by atomic mass is 35.5. The van der Waals surface area contributed by atoms with Crippen LogP contribution in [0.1, 0.15) is 68.2 Å². The van der Waals surface area contributed by atoms with Gasteiger partial charge in [-0.05, 0) is 68.1 Å². The van der Waals surface area contributed by atoms with Crippen LogP contribution in [0.5, 0.6) is 5.75 Å². The third-order valence-corrected chi connectivity index (χ3v) is 12.5. The summed E-state index contributed by atoms with van der Waals surface area (Å²) in [7, 11) is 0. The largest absolute Gasteiger partial charge is 0.573 e. The molecule has 4 aromatic heterocycles. The molecule has 21 heteroatoms. The summed E-state index contributed by atoms with van der Waals surface area (Å²) >= 11 is 9.33. The van der Waals surface area contributed by atoms with Gasteiger partial charge in [0.05, 0.1) is 73.5 Å². The molecule has 5 heterocycles. The minimum Gasteiger partial charge on any atom is -0.405 e. The summed E-state index contributed by atoms with van der Waals surface area (Å²) in [6, 6.07) is 17.5. The van der Waals surface area contributed by atoms with E-state index in [4.69, 9.17) is 26.1 Å². The number of carbonyl (C=O) groups is 3. The van der Waals surface area contributed by atoms with Crippen LogP contribution in [-0.4, -0.2) is 93.9 Å². The molecule has 0 fully saturated rings. The predicted octanol–water partition coefficient (Wildman–Crippen LogP) is 7.30. The first kappa shape index (κ1) is 47.0. The Bertz CT molecular complexity index is 2650. The number of aromatic nitrogens is 5. The van der Waals surface area contributed by atoms with Crippen molar-refractivity contribution in [3.8, 4) is 21.3 Å². The molecule has 2 aromatic carbocycles. The summed E-state index contributed by atoms with van der Waals surface area (Å²) in [4.78, 5) is 45.9. The molecule has 15 nitrogen and oxygen atoms in total. The Labute approximate surface area is 385 Å². The standard InChI is InChI=1S/C44H45ClF3N9O6S2/c1-26-27(2)65-43-39(26)40(29-10-12-30(45)13-11-29)52-33(41-54-53-28(3)57(41)43)24-38(59)50-16-19-62-21-20-61-18-15-49-37(58)14-17-56-34(36-9-6-22-64-36)23-31(55-56)25-51-42(60)32-7-4-5-8-35(32)63-44(46,47)48/h4-13,22-23,33H,14-21,24-25H2,1-3H3,(H,49,58)(H,50,59)(H,51,60)/t33-/m0/s1. The second-order valence-electron chi connectivity index (χ2n) is 14.7. The summed E-state index contributed by atoms with van der Waals surface area (Å²) in [5, 5.41) is 25.2. The first-order valence-corrected chi connectivity index (χ1v) is 22.6. The molecule has 342 valence electrons. The second-order valence-corrected chi connectivity index (χ2v) is 17.3. The molecule has 0 radical (unpaired) electrons. The summed E-state index contributed by atoms with van der Waals surface area (Å²) < 4.78 is 57.5. The average molecular weight is 952 g/mol. The maximum atomic E-state index is 13.2.